The summed E-state index contributed by atoms with van der Waals surface area (Å²) >= 11 is 9.86. The van der Waals surface area contributed by atoms with Crippen molar-refractivity contribution in [3.8, 4) is 0 Å². The lowest BCUT2D eigenvalue weighted by Crippen LogP contribution is -2.41. The number of carbonyl (C=O) groups excluding carboxylic acids is 2. The minimum absolute atomic E-state index is 0.122. The van der Waals surface area contributed by atoms with Crippen molar-refractivity contribution in [2.45, 2.75) is 66.6 Å². The number of rotatable bonds is 6. The predicted molar refractivity (Wildman–Crippen MR) is 232 cm³/mol. The number of nitrogens with zero attached hydrogens (tertiary/aromatic N) is 1. The van der Waals surface area contributed by atoms with Crippen LogP contribution in [0.15, 0.2) is 112 Å². The Kier molecular flexibility index (Phi) is 17.5. The van der Waals surface area contributed by atoms with E-state index < -0.39 is 12.0 Å². The number of nitrogens with one attached hydrogen (secondary N) is 2. The summed E-state index contributed by atoms with van der Waals surface area (Å²) < 4.78 is 14.8. The van der Waals surface area contributed by atoms with E-state index in [-0.39, 0.29) is 28.7 Å². The summed E-state index contributed by atoms with van der Waals surface area (Å²) in [6, 6.07) is 22.2. The molecule has 1 heterocycles. The summed E-state index contributed by atoms with van der Waals surface area (Å²) in [5.74, 6) is -0.432. The van der Waals surface area contributed by atoms with Crippen LogP contribution >= 0.6 is 47.8 Å². The second-order valence-corrected chi connectivity index (χ2v) is 16.2. The second kappa shape index (κ2) is 20.6. The van der Waals surface area contributed by atoms with Gasteiger partial charge in [-0.25, -0.2) is 0 Å². The molecule has 0 radical (unpaired) electrons. The van der Waals surface area contributed by atoms with Crippen molar-refractivity contribution in [3.05, 3.63) is 144 Å². The number of nitrogens with two attached hydrogens (primary N) is 1. The van der Waals surface area contributed by atoms with Crippen molar-refractivity contribution in [1.82, 2.24) is 0 Å². The first-order valence-electron chi connectivity index (χ1n) is 16.6. The van der Waals surface area contributed by atoms with Crippen molar-refractivity contribution >= 4 is 94.9 Å². The number of benzene rings is 4. The highest BCUT2D eigenvalue weighted by atomic mass is 79.9. The molecular weight excluding hydrogens is 883 g/mol. The number of hydrogen-bond acceptors (Lipinski definition) is 7. The molecule has 0 saturated carbocycles. The smallest absolute Gasteiger partial charge is 0.399 e. The number of anilines is 3. The summed E-state index contributed by atoms with van der Waals surface area (Å²) in [6.45, 7) is 22.7. The van der Waals surface area contributed by atoms with Gasteiger partial charge in [-0.1, -0.05) is 67.0 Å². The average Bonchev–Trinajstić information content (AvgIpc) is 3.26. The Morgan fingerprint density at radius 1 is 0.685 bits per heavy atom. The van der Waals surface area contributed by atoms with Gasteiger partial charge in [0.1, 0.15) is 0 Å². The van der Waals surface area contributed by atoms with Gasteiger partial charge in [-0.15, -0.1) is 0 Å². The summed E-state index contributed by atoms with van der Waals surface area (Å²) in [6.07, 6.45) is 2.49. The lowest BCUT2D eigenvalue weighted by Gasteiger charge is -2.32. The van der Waals surface area contributed by atoms with Crippen molar-refractivity contribution in [1.29, 1.82) is 0 Å². The second-order valence-electron chi connectivity index (χ2n) is 13.4. The molecule has 0 spiro atoms. The molecule has 286 valence electrons. The predicted octanol–water partition coefficient (Wildman–Crippen LogP) is 10.3. The molecule has 0 atom stereocenters. The van der Waals surface area contributed by atoms with Gasteiger partial charge in [0.05, 0.1) is 16.1 Å². The van der Waals surface area contributed by atoms with E-state index in [2.05, 4.69) is 71.6 Å². The van der Waals surface area contributed by atoms with Gasteiger partial charge in [-0.3, -0.25) is 19.7 Å². The first kappa shape index (κ1) is 46.1. The van der Waals surface area contributed by atoms with Gasteiger partial charge < -0.3 is 25.7 Å². The molecule has 1 aliphatic heterocycles. The molecule has 1 aliphatic rings. The fourth-order valence-electron chi connectivity index (χ4n) is 4.78. The maximum absolute atomic E-state index is 11.4. The van der Waals surface area contributed by atoms with E-state index >= 15 is 0 Å². The standard InChI is InChI=1S/C16H22BNO3.C10H10BrNO.C7H6BrNO2.C7H8BrN/c1-7-14(19)18-13-9-11(2)8-12(10-13)17-20-15(3,4)16(5,6)21-17;1-3-10(13)12-9-5-7(2)4-8(11)6-9;1-5-2-6(8)4-7(3-5)9(10)11;1-5-2-6(8)4-7(9)3-5/h7-10H,1H2,2-6H3,(H,18,19);3-6H,1H2,2H3,(H,12,13);2-4H,1H3;2-4H,9H2,1H3. The Bertz CT molecular complexity index is 1900. The van der Waals surface area contributed by atoms with Crippen LogP contribution in [0.3, 0.4) is 0 Å². The zero-order valence-electron chi connectivity index (χ0n) is 31.7. The summed E-state index contributed by atoms with van der Waals surface area (Å²) in [5, 5.41) is 15.7. The van der Waals surface area contributed by atoms with Gasteiger partial charge in [0.25, 0.3) is 5.69 Å². The fraction of sp³-hybridized carbons (Fsp3) is 0.250. The minimum Gasteiger partial charge on any atom is -0.399 e. The van der Waals surface area contributed by atoms with Crippen LogP contribution in [0.5, 0.6) is 0 Å². The van der Waals surface area contributed by atoms with Gasteiger partial charge in [0.2, 0.25) is 11.8 Å². The number of non-ortho nitro benzene ring substituents is 1. The van der Waals surface area contributed by atoms with E-state index in [1.165, 1.54) is 29.8 Å². The number of hydrogen-bond donors (Lipinski definition) is 3. The molecule has 14 heteroatoms. The molecule has 4 N–H and O–H groups in total. The van der Waals surface area contributed by atoms with E-state index in [0.29, 0.717) is 5.69 Å². The zero-order chi connectivity index (χ0) is 41.0. The molecule has 2 amide bonds. The number of amides is 2. The number of carbonyl (C=O) groups is 2. The van der Waals surface area contributed by atoms with Crippen LogP contribution in [-0.2, 0) is 18.9 Å². The lowest BCUT2D eigenvalue weighted by molar-refractivity contribution is -0.385. The minimum atomic E-state index is -0.436. The van der Waals surface area contributed by atoms with Crippen molar-refractivity contribution in [3.63, 3.8) is 0 Å². The molecular formula is C40H46BBr3N4O6. The first-order chi connectivity index (χ1) is 25.0. The molecule has 5 rings (SSSR count). The van der Waals surface area contributed by atoms with Crippen LogP contribution in [0.4, 0.5) is 22.7 Å². The molecule has 10 nitrogen and oxygen atoms in total. The van der Waals surface area contributed by atoms with Gasteiger partial charge >= 0.3 is 7.12 Å². The average molecular weight is 929 g/mol. The highest BCUT2D eigenvalue weighted by Crippen LogP contribution is 2.36. The van der Waals surface area contributed by atoms with Gasteiger partial charge in [0.15, 0.2) is 0 Å². The number of aryl methyl sites for hydroxylation is 4. The lowest BCUT2D eigenvalue weighted by atomic mass is 9.78. The fourth-order valence-corrected chi connectivity index (χ4v) is 6.61. The van der Waals surface area contributed by atoms with Crippen LogP contribution in [0, 0.1) is 37.8 Å². The molecule has 4 aromatic rings. The molecule has 0 bridgehead atoms. The third kappa shape index (κ3) is 15.3. The summed E-state index contributed by atoms with van der Waals surface area (Å²) in [7, 11) is -0.436. The van der Waals surface area contributed by atoms with E-state index in [9.17, 15) is 19.7 Å². The topological polar surface area (TPSA) is 146 Å². The number of nitrogen functional groups attached to an aromatic ring is 1. The van der Waals surface area contributed by atoms with Gasteiger partial charge in [-0.05, 0) is 150 Å². The SMILES string of the molecule is C=CC(=O)Nc1cc(C)cc(B2OC(C)(C)C(C)(C)O2)c1.C=CC(=O)Nc1cc(C)cc(Br)c1.Cc1cc(Br)cc([N+](=O)[O-])c1.Cc1cc(N)cc(Br)c1. The Labute approximate surface area is 343 Å². The van der Waals surface area contributed by atoms with E-state index in [1.54, 1.807) is 0 Å². The monoisotopic (exact) mass is 926 g/mol. The van der Waals surface area contributed by atoms with Gasteiger partial charge in [0, 0.05) is 42.6 Å². The zero-order valence-corrected chi connectivity index (χ0v) is 36.4. The van der Waals surface area contributed by atoms with E-state index in [1.807, 2.05) is 116 Å². The molecule has 0 unspecified atom stereocenters. The molecule has 4 aromatic carbocycles. The maximum Gasteiger partial charge on any atom is 0.494 e. The van der Waals surface area contributed by atoms with Crippen LogP contribution in [0.2, 0.25) is 0 Å². The molecule has 0 aromatic heterocycles. The molecule has 0 aliphatic carbocycles. The quantitative estimate of drug-likeness (QED) is 0.0574. The van der Waals surface area contributed by atoms with E-state index in [0.717, 1.165) is 46.9 Å². The van der Waals surface area contributed by atoms with Crippen molar-refractivity contribution in [2.24, 2.45) is 0 Å². The summed E-state index contributed by atoms with van der Waals surface area (Å²) in [4.78, 5) is 32.3. The highest BCUT2D eigenvalue weighted by molar-refractivity contribution is 9.11. The normalized spacial score (nSPS) is 13.4. The van der Waals surface area contributed by atoms with Crippen molar-refractivity contribution in [2.75, 3.05) is 16.4 Å². The van der Waals surface area contributed by atoms with Crippen molar-refractivity contribution < 1.29 is 23.8 Å². The van der Waals surface area contributed by atoms with Gasteiger partial charge in [-0.2, -0.15) is 0 Å². The van der Waals surface area contributed by atoms with E-state index in [4.69, 9.17) is 15.0 Å². The third-order valence-corrected chi connectivity index (χ3v) is 9.25. The molecule has 1 saturated heterocycles. The number of nitro groups is 1. The Morgan fingerprint density at radius 2 is 1.09 bits per heavy atom. The highest BCUT2D eigenvalue weighted by Gasteiger charge is 2.51. The van der Waals surface area contributed by atoms with Crippen LogP contribution in [0.1, 0.15) is 49.9 Å². The van der Waals surface area contributed by atoms with Crippen LogP contribution in [-0.4, -0.2) is 35.1 Å². The van der Waals surface area contributed by atoms with Crippen LogP contribution in [0.25, 0.3) is 0 Å². The maximum atomic E-state index is 11.4. The Morgan fingerprint density at radius 3 is 1.50 bits per heavy atom. The molecule has 54 heavy (non-hydrogen) atoms. The molecule has 1 fully saturated rings. The third-order valence-electron chi connectivity index (χ3n) is 7.88. The van der Waals surface area contributed by atoms with Crippen LogP contribution < -0.4 is 21.8 Å². The Balaban J connectivity index is 0.000000264. The number of halogens is 3. The first-order valence-corrected chi connectivity index (χ1v) is 19.0. The largest absolute Gasteiger partial charge is 0.494 e. The summed E-state index contributed by atoms with van der Waals surface area (Å²) in [5.41, 5.74) is 12.3. The Hall–Kier alpha value is -4.08. The number of nitro benzene ring substituents is 1.